The highest BCUT2D eigenvalue weighted by Crippen LogP contribution is 2.10. The van der Waals surface area contributed by atoms with Gasteiger partial charge in [-0.05, 0) is 26.6 Å². The van der Waals surface area contributed by atoms with Gasteiger partial charge in [0.25, 0.3) is 5.95 Å². The van der Waals surface area contributed by atoms with Crippen molar-refractivity contribution >= 4 is 8.32 Å². The summed E-state index contributed by atoms with van der Waals surface area (Å²) in [6.45, 7) is 8.32. The first-order valence-corrected chi connectivity index (χ1v) is 7.46. The first-order valence-electron chi connectivity index (χ1n) is 4.05. The van der Waals surface area contributed by atoms with Crippen molar-refractivity contribution in [1.29, 1.82) is 0 Å². The van der Waals surface area contributed by atoms with Crippen molar-refractivity contribution in [2.45, 2.75) is 26.6 Å². The Morgan fingerprint density at radius 3 is 2.17 bits per heavy atom. The smallest absolute Gasteiger partial charge is 0.264 e. The van der Waals surface area contributed by atoms with E-state index in [1.54, 1.807) is 7.11 Å². The van der Waals surface area contributed by atoms with E-state index in [4.69, 9.17) is 9.16 Å². The van der Waals surface area contributed by atoms with E-state index in [0.717, 1.165) is 0 Å². The molecule has 0 N–H and O–H groups in total. The first kappa shape index (κ1) is 11.3. The van der Waals surface area contributed by atoms with E-state index in [9.17, 15) is 0 Å². The van der Waals surface area contributed by atoms with E-state index >= 15 is 0 Å². The number of methoxy groups -OCH3 is 1. The molecule has 0 atom stereocenters. The molecule has 0 unspecified atom stereocenters. The minimum Gasteiger partial charge on any atom is -0.520 e. The third kappa shape index (κ3) is 6.04. The molecule has 0 aliphatic carbocycles. The molecular weight excluding hydrogens is 168 g/mol. The van der Waals surface area contributed by atoms with Crippen molar-refractivity contribution in [3.63, 3.8) is 0 Å². The average molecular weight is 186 g/mol. The van der Waals surface area contributed by atoms with E-state index in [2.05, 4.69) is 19.6 Å². The van der Waals surface area contributed by atoms with Gasteiger partial charge in [0.15, 0.2) is 0 Å². The zero-order valence-electron chi connectivity index (χ0n) is 8.55. The van der Waals surface area contributed by atoms with Gasteiger partial charge in [0, 0.05) is 6.08 Å². The molecule has 0 rings (SSSR count). The van der Waals surface area contributed by atoms with Crippen LogP contribution in [-0.2, 0) is 9.16 Å². The lowest BCUT2D eigenvalue weighted by Crippen LogP contribution is -2.25. The maximum Gasteiger partial charge on any atom is 0.264 e. The fourth-order valence-corrected chi connectivity index (χ4v) is 1.38. The summed E-state index contributed by atoms with van der Waals surface area (Å²) in [6, 6.07) is 0. The Morgan fingerprint density at radius 1 is 1.25 bits per heavy atom. The van der Waals surface area contributed by atoms with E-state index in [0.29, 0.717) is 5.95 Å². The fourth-order valence-electron chi connectivity index (χ4n) is 0.620. The van der Waals surface area contributed by atoms with Crippen LogP contribution in [0.25, 0.3) is 0 Å². The van der Waals surface area contributed by atoms with Gasteiger partial charge in [0.1, 0.15) is 0 Å². The minimum atomic E-state index is -1.52. The molecule has 0 bridgehead atoms. The van der Waals surface area contributed by atoms with Gasteiger partial charge in [0.2, 0.25) is 8.32 Å². The largest absolute Gasteiger partial charge is 0.520 e. The third-order valence-corrected chi connectivity index (χ3v) is 1.85. The van der Waals surface area contributed by atoms with E-state index < -0.39 is 8.32 Å². The summed E-state index contributed by atoms with van der Waals surface area (Å²) in [5.41, 5.74) is 0. The summed E-state index contributed by atoms with van der Waals surface area (Å²) in [5.74, 6) is 0.604. The first-order chi connectivity index (χ1) is 5.49. The fraction of sp³-hybridized carbons (Fsp3) is 0.556. The number of hydrogen-bond donors (Lipinski definition) is 0. The Hall–Kier alpha value is -0.703. The maximum atomic E-state index is 5.62. The molecule has 0 aromatic carbocycles. The monoisotopic (exact) mass is 186 g/mol. The molecule has 70 valence electrons. The molecular formula is C9H18O2Si. The van der Waals surface area contributed by atoms with Crippen LogP contribution in [0.15, 0.2) is 24.2 Å². The predicted molar refractivity (Wildman–Crippen MR) is 54.3 cm³/mol. The van der Waals surface area contributed by atoms with Crippen molar-refractivity contribution in [3.8, 4) is 0 Å². The quantitative estimate of drug-likeness (QED) is 0.382. The highest BCUT2D eigenvalue weighted by molar-refractivity contribution is 6.69. The Bertz CT molecular complexity index is 177. The summed E-state index contributed by atoms with van der Waals surface area (Å²) >= 11 is 0. The lowest BCUT2D eigenvalue weighted by atomic mass is 10.5. The topological polar surface area (TPSA) is 18.5 Å². The molecule has 0 aliphatic heterocycles. The van der Waals surface area contributed by atoms with Crippen molar-refractivity contribution in [2.75, 3.05) is 7.11 Å². The summed E-state index contributed by atoms with van der Waals surface area (Å²) in [7, 11) is 0.102. The zero-order chi connectivity index (χ0) is 9.61. The van der Waals surface area contributed by atoms with Crippen LogP contribution < -0.4 is 0 Å². The van der Waals surface area contributed by atoms with Crippen LogP contribution in [0.3, 0.4) is 0 Å². The van der Waals surface area contributed by atoms with Crippen molar-refractivity contribution < 1.29 is 9.16 Å². The highest BCUT2D eigenvalue weighted by Gasteiger charge is 2.17. The third-order valence-electron chi connectivity index (χ3n) is 1.03. The van der Waals surface area contributed by atoms with Crippen molar-refractivity contribution in [1.82, 2.24) is 0 Å². The SMILES string of the molecule is C/C=C/C=C(\OC)O[Si](C)(C)C. The highest BCUT2D eigenvalue weighted by atomic mass is 28.4. The van der Waals surface area contributed by atoms with Gasteiger partial charge in [-0.25, -0.2) is 0 Å². The molecule has 0 radical (unpaired) electrons. The number of allylic oxidation sites excluding steroid dienone is 3. The zero-order valence-corrected chi connectivity index (χ0v) is 9.55. The molecule has 3 heteroatoms. The number of ether oxygens (including phenoxy) is 1. The molecule has 0 saturated carbocycles. The van der Waals surface area contributed by atoms with Crippen LogP contribution in [0.1, 0.15) is 6.92 Å². The lowest BCUT2D eigenvalue weighted by Gasteiger charge is -2.19. The van der Waals surface area contributed by atoms with Crippen LogP contribution in [-0.4, -0.2) is 15.4 Å². The van der Waals surface area contributed by atoms with Gasteiger partial charge in [-0.1, -0.05) is 12.2 Å². The molecule has 2 nitrogen and oxygen atoms in total. The van der Waals surface area contributed by atoms with Gasteiger partial charge in [-0.15, -0.1) is 0 Å². The normalized spacial score (nSPS) is 13.6. The van der Waals surface area contributed by atoms with Crippen LogP contribution in [0.4, 0.5) is 0 Å². The van der Waals surface area contributed by atoms with E-state index in [-0.39, 0.29) is 0 Å². The van der Waals surface area contributed by atoms with Crippen LogP contribution in [0.2, 0.25) is 19.6 Å². The van der Waals surface area contributed by atoms with E-state index in [1.165, 1.54) is 0 Å². The second kappa shape index (κ2) is 5.03. The van der Waals surface area contributed by atoms with Crippen molar-refractivity contribution in [3.05, 3.63) is 24.2 Å². The minimum absolute atomic E-state index is 0.604. The van der Waals surface area contributed by atoms with Gasteiger partial charge in [0.05, 0.1) is 7.11 Å². The Morgan fingerprint density at radius 2 is 1.83 bits per heavy atom. The number of rotatable bonds is 4. The van der Waals surface area contributed by atoms with Crippen molar-refractivity contribution in [2.24, 2.45) is 0 Å². The summed E-state index contributed by atoms with van der Waals surface area (Å²) in [6.07, 6.45) is 5.67. The van der Waals surface area contributed by atoms with Gasteiger partial charge >= 0.3 is 0 Å². The summed E-state index contributed by atoms with van der Waals surface area (Å²) in [5, 5.41) is 0. The summed E-state index contributed by atoms with van der Waals surface area (Å²) in [4.78, 5) is 0. The maximum absolute atomic E-state index is 5.62. The standard InChI is InChI=1S/C9H18O2Si/c1-6-7-8-9(10-2)11-12(3,4)5/h6-8H,1-5H3/b7-6+,9-8+. The average Bonchev–Trinajstić information content (AvgIpc) is 1.95. The molecule has 0 aromatic rings. The Balaban J connectivity index is 4.18. The second-order valence-corrected chi connectivity index (χ2v) is 7.86. The van der Waals surface area contributed by atoms with Crippen LogP contribution in [0, 0.1) is 0 Å². The molecule has 0 amide bonds. The number of hydrogen-bond acceptors (Lipinski definition) is 2. The Labute approximate surface area is 76.0 Å². The van der Waals surface area contributed by atoms with Gasteiger partial charge in [-0.2, -0.15) is 0 Å². The van der Waals surface area contributed by atoms with Gasteiger partial charge in [-0.3, -0.25) is 0 Å². The molecule has 0 fully saturated rings. The summed E-state index contributed by atoms with van der Waals surface area (Å²) < 4.78 is 10.7. The molecule has 0 saturated heterocycles. The molecule has 0 heterocycles. The molecule has 0 aromatic heterocycles. The molecule has 0 aliphatic rings. The second-order valence-electron chi connectivity index (χ2n) is 3.43. The van der Waals surface area contributed by atoms with Crippen LogP contribution in [0.5, 0.6) is 0 Å². The van der Waals surface area contributed by atoms with E-state index in [1.807, 2.05) is 25.2 Å². The molecule has 0 spiro atoms. The molecule has 12 heavy (non-hydrogen) atoms. The van der Waals surface area contributed by atoms with Crippen LogP contribution >= 0.6 is 0 Å². The Kier molecular flexibility index (Phi) is 4.74. The lowest BCUT2D eigenvalue weighted by molar-refractivity contribution is 0.147. The predicted octanol–water partition coefficient (Wildman–Crippen LogP) is 2.90. The van der Waals surface area contributed by atoms with Gasteiger partial charge < -0.3 is 9.16 Å².